The summed E-state index contributed by atoms with van der Waals surface area (Å²) in [6.07, 6.45) is 1.62. The van der Waals surface area contributed by atoms with Crippen molar-refractivity contribution in [3.8, 4) is 6.07 Å². The summed E-state index contributed by atoms with van der Waals surface area (Å²) in [6.45, 7) is 3.01. The number of aromatic nitrogens is 1. The van der Waals surface area contributed by atoms with Crippen LogP contribution in [0.1, 0.15) is 29.1 Å². The Bertz CT molecular complexity index is 987. The van der Waals surface area contributed by atoms with Crippen molar-refractivity contribution in [2.75, 3.05) is 19.6 Å². The number of carbonyl (C=O) groups excluding carboxylic acids is 1. The molecule has 2 aromatic rings. The van der Waals surface area contributed by atoms with Crippen molar-refractivity contribution in [2.45, 2.75) is 31.1 Å². The summed E-state index contributed by atoms with van der Waals surface area (Å²) >= 11 is 1.59. The number of rotatable bonds is 6. The van der Waals surface area contributed by atoms with E-state index in [0.717, 1.165) is 10.7 Å². The third-order valence-corrected chi connectivity index (χ3v) is 7.58. The van der Waals surface area contributed by atoms with Gasteiger partial charge in [0.15, 0.2) is 0 Å². The van der Waals surface area contributed by atoms with Crippen LogP contribution < -0.4 is 5.32 Å². The standard InChI is InChI=1S/C19H22N4O3S2/c1-14-22-17(13-27-14)6-9-21-19(24)15-7-10-23(11-8-15)28(25,26)18-5-3-2-4-16(18)12-20/h2-5,13,15H,6-11H2,1H3,(H,21,24). The van der Waals surface area contributed by atoms with Crippen LogP contribution in [-0.2, 0) is 21.2 Å². The molecule has 1 aromatic heterocycles. The molecule has 28 heavy (non-hydrogen) atoms. The number of sulfonamides is 1. The van der Waals surface area contributed by atoms with E-state index in [9.17, 15) is 18.5 Å². The van der Waals surface area contributed by atoms with E-state index in [1.54, 1.807) is 23.5 Å². The highest BCUT2D eigenvalue weighted by molar-refractivity contribution is 7.89. The molecule has 1 fully saturated rings. The summed E-state index contributed by atoms with van der Waals surface area (Å²) in [5.41, 5.74) is 1.11. The van der Waals surface area contributed by atoms with Crippen molar-refractivity contribution in [1.82, 2.24) is 14.6 Å². The van der Waals surface area contributed by atoms with Crippen molar-refractivity contribution in [3.05, 3.63) is 45.9 Å². The summed E-state index contributed by atoms with van der Waals surface area (Å²) in [5.74, 6) is -0.240. The number of nitrogens with one attached hydrogen (secondary N) is 1. The Morgan fingerprint density at radius 1 is 1.36 bits per heavy atom. The molecule has 148 valence electrons. The van der Waals surface area contributed by atoms with Gasteiger partial charge in [-0.25, -0.2) is 13.4 Å². The Balaban J connectivity index is 1.53. The van der Waals surface area contributed by atoms with Gasteiger partial charge in [0, 0.05) is 37.4 Å². The average molecular weight is 419 g/mol. The van der Waals surface area contributed by atoms with E-state index in [4.69, 9.17) is 0 Å². The SMILES string of the molecule is Cc1nc(CCNC(=O)C2CCN(S(=O)(=O)c3ccccc3C#N)CC2)cs1. The fourth-order valence-electron chi connectivity index (χ4n) is 3.26. The van der Waals surface area contributed by atoms with Gasteiger partial charge in [0.1, 0.15) is 6.07 Å². The average Bonchev–Trinajstić information content (AvgIpc) is 3.13. The topological polar surface area (TPSA) is 103 Å². The third kappa shape index (κ3) is 4.58. The lowest BCUT2D eigenvalue weighted by molar-refractivity contribution is -0.126. The van der Waals surface area contributed by atoms with Gasteiger partial charge < -0.3 is 5.32 Å². The molecule has 1 N–H and O–H groups in total. The minimum atomic E-state index is -3.73. The smallest absolute Gasteiger partial charge is 0.244 e. The molecule has 0 saturated carbocycles. The second-order valence-corrected chi connectivity index (χ2v) is 9.65. The van der Waals surface area contributed by atoms with Crippen molar-refractivity contribution in [3.63, 3.8) is 0 Å². The third-order valence-electron chi connectivity index (χ3n) is 4.80. The van der Waals surface area contributed by atoms with Gasteiger partial charge in [-0.1, -0.05) is 12.1 Å². The Hall–Kier alpha value is -2.28. The van der Waals surface area contributed by atoms with Gasteiger partial charge in [-0.2, -0.15) is 9.57 Å². The first-order valence-electron chi connectivity index (χ1n) is 9.10. The van der Waals surface area contributed by atoms with Crippen LogP contribution in [0.25, 0.3) is 0 Å². The molecule has 0 radical (unpaired) electrons. The first kappa shape index (κ1) is 20.5. The number of hydrogen-bond donors (Lipinski definition) is 1. The maximum Gasteiger partial charge on any atom is 0.244 e. The molecular formula is C19H22N4O3S2. The van der Waals surface area contributed by atoms with Gasteiger partial charge in [0.2, 0.25) is 15.9 Å². The Morgan fingerprint density at radius 2 is 2.07 bits per heavy atom. The molecule has 0 spiro atoms. The highest BCUT2D eigenvalue weighted by Crippen LogP contribution is 2.25. The minimum Gasteiger partial charge on any atom is -0.355 e. The first-order chi connectivity index (χ1) is 13.4. The number of hydrogen-bond acceptors (Lipinski definition) is 6. The zero-order valence-corrected chi connectivity index (χ0v) is 17.2. The molecule has 1 saturated heterocycles. The monoisotopic (exact) mass is 418 g/mol. The van der Waals surface area contributed by atoms with Gasteiger partial charge >= 0.3 is 0 Å². The molecule has 1 aliphatic rings. The number of amides is 1. The molecule has 1 amide bonds. The van der Waals surface area contributed by atoms with Gasteiger partial charge in [-0.05, 0) is 31.9 Å². The van der Waals surface area contributed by atoms with E-state index in [1.165, 1.54) is 16.4 Å². The predicted octanol–water partition coefficient (Wildman–Crippen LogP) is 2.08. The van der Waals surface area contributed by atoms with Gasteiger partial charge in [0.25, 0.3) is 0 Å². The summed E-state index contributed by atoms with van der Waals surface area (Å²) < 4.78 is 27.1. The summed E-state index contributed by atoms with van der Waals surface area (Å²) in [6, 6.07) is 8.13. The van der Waals surface area contributed by atoms with Crippen molar-refractivity contribution in [2.24, 2.45) is 5.92 Å². The molecule has 0 aliphatic carbocycles. The summed E-state index contributed by atoms with van der Waals surface area (Å²) in [7, 11) is -3.73. The molecule has 1 aromatic carbocycles. The second-order valence-electron chi connectivity index (χ2n) is 6.69. The highest BCUT2D eigenvalue weighted by Gasteiger charge is 2.33. The van der Waals surface area contributed by atoms with Crippen molar-refractivity contribution < 1.29 is 13.2 Å². The van der Waals surface area contributed by atoms with Crippen LogP contribution in [0, 0.1) is 24.2 Å². The van der Waals surface area contributed by atoms with Crippen LogP contribution in [-0.4, -0.2) is 43.2 Å². The minimum absolute atomic E-state index is 0.0268. The summed E-state index contributed by atoms with van der Waals surface area (Å²) in [5, 5.41) is 15.1. The van der Waals surface area contributed by atoms with E-state index in [0.29, 0.717) is 25.8 Å². The predicted molar refractivity (Wildman–Crippen MR) is 106 cm³/mol. The Morgan fingerprint density at radius 3 is 2.71 bits per heavy atom. The molecule has 0 unspecified atom stereocenters. The van der Waals surface area contributed by atoms with Crippen LogP contribution in [0.2, 0.25) is 0 Å². The molecule has 2 heterocycles. The number of carbonyl (C=O) groups is 1. The van der Waals surface area contributed by atoms with Crippen LogP contribution in [0.15, 0.2) is 34.5 Å². The Kier molecular flexibility index (Phi) is 6.44. The lowest BCUT2D eigenvalue weighted by atomic mass is 9.97. The number of aryl methyl sites for hydroxylation is 1. The van der Waals surface area contributed by atoms with Crippen molar-refractivity contribution >= 4 is 27.3 Å². The van der Waals surface area contributed by atoms with Gasteiger partial charge in [0.05, 0.1) is 21.2 Å². The van der Waals surface area contributed by atoms with Gasteiger partial charge in [-0.3, -0.25) is 4.79 Å². The molecule has 9 heteroatoms. The quantitative estimate of drug-likeness (QED) is 0.774. The molecule has 7 nitrogen and oxygen atoms in total. The first-order valence-corrected chi connectivity index (χ1v) is 11.4. The summed E-state index contributed by atoms with van der Waals surface area (Å²) in [4.78, 5) is 16.8. The van der Waals surface area contributed by atoms with E-state index in [2.05, 4.69) is 10.3 Å². The maximum absolute atomic E-state index is 12.8. The number of benzene rings is 1. The van der Waals surface area contributed by atoms with Crippen LogP contribution in [0.3, 0.4) is 0 Å². The van der Waals surface area contributed by atoms with Crippen LogP contribution >= 0.6 is 11.3 Å². The molecule has 1 aliphatic heterocycles. The van der Waals surface area contributed by atoms with E-state index in [1.807, 2.05) is 18.4 Å². The zero-order chi connectivity index (χ0) is 20.1. The lowest BCUT2D eigenvalue weighted by Crippen LogP contribution is -2.43. The fraction of sp³-hybridized carbons (Fsp3) is 0.421. The van der Waals surface area contributed by atoms with Crippen LogP contribution in [0.4, 0.5) is 0 Å². The van der Waals surface area contributed by atoms with Crippen LogP contribution in [0.5, 0.6) is 0 Å². The number of piperidine rings is 1. The van der Waals surface area contributed by atoms with E-state index >= 15 is 0 Å². The normalized spacial score (nSPS) is 15.9. The van der Waals surface area contributed by atoms with Gasteiger partial charge in [-0.15, -0.1) is 11.3 Å². The van der Waals surface area contributed by atoms with Crippen molar-refractivity contribution in [1.29, 1.82) is 5.26 Å². The van der Waals surface area contributed by atoms with E-state index < -0.39 is 10.0 Å². The van der Waals surface area contributed by atoms with E-state index in [-0.39, 0.29) is 35.4 Å². The zero-order valence-electron chi connectivity index (χ0n) is 15.6. The molecular weight excluding hydrogens is 396 g/mol. The maximum atomic E-state index is 12.8. The largest absolute Gasteiger partial charge is 0.355 e. The lowest BCUT2D eigenvalue weighted by Gasteiger charge is -2.30. The number of nitrogens with zero attached hydrogens (tertiary/aromatic N) is 3. The number of thiazole rings is 1. The Labute approximate surface area is 169 Å². The number of nitriles is 1. The molecule has 0 atom stereocenters. The highest BCUT2D eigenvalue weighted by atomic mass is 32.2. The second kappa shape index (κ2) is 8.82. The molecule has 3 rings (SSSR count). The fourth-order valence-corrected chi connectivity index (χ4v) is 5.52. The molecule has 0 bridgehead atoms.